The van der Waals surface area contributed by atoms with E-state index in [0.29, 0.717) is 10.6 Å². The number of nitrogens with one attached hydrogen (secondary N) is 1. The minimum absolute atomic E-state index is 0.0123. The van der Waals surface area contributed by atoms with Crippen LogP contribution in [0.2, 0.25) is 0 Å². The number of amides is 1. The second kappa shape index (κ2) is 8.48. The number of carbonyl (C=O) groups is 3. The van der Waals surface area contributed by atoms with E-state index < -0.39 is 24.5 Å². The fourth-order valence-corrected chi connectivity index (χ4v) is 2.97. The van der Waals surface area contributed by atoms with Gasteiger partial charge in [-0.25, -0.2) is 9.59 Å². The Morgan fingerprint density at radius 1 is 1.24 bits per heavy atom. The average Bonchev–Trinajstić information content (AvgIpc) is 3.22. The predicted molar refractivity (Wildman–Crippen MR) is 92.0 cm³/mol. The van der Waals surface area contributed by atoms with Crippen LogP contribution in [0.15, 0.2) is 28.9 Å². The molecule has 2 heterocycles. The minimum Gasteiger partial charge on any atom is -0.462 e. The third kappa shape index (κ3) is 4.93. The van der Waals surface area contributed by atoms with Crippen molar-refractivity contribution in [2.75, 3.05) is 18.5 Å². The van der Waals surface area contributed by atoms with Gasteiger partial charge in [-0.2, -0.15) is 0 Å². The zero-order valence-electron chi connectivity index (χ0n) is 14.2. The van der Waals surface area contributed by atoms with Crippen LogP contribution in [0.1, 0.15) is 52.5 Å². The molecule has 1 amide bonds. The minimum atomic E-state index is -0.736. The first-order valence-corrected chi connectivity index (χ1v) is 8.55. The van der Waals surface area contributed by atoms with Crippen LogP contribution in [0.4, 0.5) is 5.00 Å². The van der Waals surface area contributed by atoms with Crippen molar-refractivity contribution in [2.45, 2.75) is 26.7 Å². The van der Waals surface area contributed by atoms with Crippen LogP contribution < -0.4 is 5.32 Å². The van der Waals surface area contributed by atoms with E-state index in [4.69, 9.17) is 13.9 Å². The molecule has 1 N–H and O–H groups in total. The van der Waals surface area contributed by atoms with Gasteiger partial charge in [-0.1, -0.05) is 13.8 Å². The molecule has 2 aromatic heterocycles. The maximum atomic E-state index is 12.0. The maximum absolute atomic E-state index is 12.0. The number of anilines is 1. The van der Waals surface area contributed by atoms with Gasteiger partial charge in [0.25, 0.3) is 5.91 Å². The fourth-order valence-electron chi connectivity index (χ4n) is 1.91. The van der Waals surface area contributed by atoms with Crippen molar-refractivity contribution in [2.24, 2.45) is 0 Å². The third-order valence-corrected chi connectivity index (χ3v) is 4.48. The average molecular weight is 365 g/mol. The SMILES string of the molecule is CCOC(=O)c1cc(C(C)C)sc1NC(=O)COC(=O)c1ccco1. The molecule has 2 rings (SSSR count). The van der Waals surface area contributed by atoms with Crippen LogP contribution in [-0.2, 0) is 14.3 Å². The molecule has 134 valence electrons. The summed E-state index contributed by atoms with van der Waals surface area (Å²) in [6.07, 6.45) is 1.33. The largest absolute Gasteiger partial charge is 0.462 e. The summed E-state index contributed by atoms with van der Waals surface area (Å²) in [6.45, 7) is 5.42. The van der Waals surface area contributed by atoms with Gasteiger partial charge in [0.1, 0.15) is 5.00 Å². The molecule has 7 nitrogen and oxygen atoms in total. The lowest BCUT2D eigenvalue weighted by Crippen LogP contribution is -2.21. The van der Waals surface area contributed by atoms with Gasteiger partial charge in [0.15, 0.2) is 6.61 Å². The van der Waals surface area contributed by atoms with Crippen molar-refractivity contribution in [3.05, 3.63) is 40.7 Å². The Morgan fingerprint density at radius 2 is 2.00 bits per heavy atom. The number of hydrogen-bond donors (Lipinski definition) is 1. The molecule has 8 heteroatoms. The lowest BCUT2D eigenvalue weighted by Gasteiger charge is -2.06. The Kier molecular flexibility index (Phi) is 6.35. The fraction of sp³-hybridized carbons (Fsp3) is 0.353. The molecule has 2 aromatic rings. The second-order valence-electron chi connectivity index (χ2n) is 5.37. The maximum Gasteiger partial charge on any atom is 0.374 e. The first-order chi connectivity index (χ1) is 11.9. The van der Waals surface area contributed by atoms with E-state index in [1.807, 2.05) is 13.8 Å². The van der Waals surface area contributed by atoms with Crippen LogP contribution in [0.25, 0.3) is 0 Å². The smallest absolute Gasteiger partial charge is 0.374 e. The molecule has 0 spiro atoms. The second-order valence-corrected chi connectivity index (χ2v) is 6.45. The highest BCUT2D eigenvalue weighted by molar-refractivity contribution is 7.16. The highest BCUT2D eigenvalue weighted by Gasteiger charge is 2.21. The van der Waals surface area contributed by atoms with E-state index in [2.05, 4.69) is 5.32 Å². The van der Waals surface area contributed by atoms with Crippen LogP contribution >= 0.6 is 11.3 Å². The van der Waals surface area contributed by atoms with Gasteiger partial charge in [0.2, 0.25) is 5.76 Å². The normalized spacial score (nSPS) is 10.6. The third-order valence-electron chi connectivity index (χ3n) is 3.13. The summed E-state index contributed by atoms with van der Waals surface area (Å²) in [7, 11) is 0. The van der Waals surface area contributed by atoms with Crippen molar-refractivity contribution >= 4 is 34.2 Å². The summed E-state index contributed by atoms with van der Waals surface area (Å²) < 4.78 is 14.8. The Labute approximate surface area is 148 Å². The molecule has 25 heavy (non-hydrogen) atoms. The molecule has 0 unspecified atom stereocenters. The van der Waals surface area contributed by atoms with Crippen LogP contribution in [0.5, 0.6) is 0 Å². The lowest BCUT2D eigenvalue weighted by atomic mass is 10.1. The number of rotatable bonds is 7. The van der Waals surface area contributed by atoms with E-state index in [-0.39, 0.29) is 18.3 Å². The van der Waals surface area contributed by atoms with E-state index in [1.54, 1.807) is 19.1 Å². The summed E-state index contributed by atoms with van der Waals surface area (Å²) >= 11 is 1.29. The Morgan fingerprint density at radius 3 is 2.60 bits per heavy atom. The van der Waals surface area contributed by atoms with Gasteiger partial charge < -0.3 is 19.2 Å². The van der Waals surface area contributed by atoms with E-state index in [1.165, 1.54) is 23.7 Å². The Bertz CT molecular complexity index is 747. The quantitative estimate of drug-likeness (QED) is 0.755. The summed E-state index contributed by atoms with van der Waals surface area (Å²) in [5.41, 5.74) is 0.293. The van der Waals surface area contributed by atoms with Gasteiger partial charge in [-0.3, -0.25) is 4.79 Å². The van der Waals surface area contributed by atoms with Gasteiger partial charge in [0, 0.05) is 4.88 Å². The van der Waals surface area contributed by atoms with Crippen LogP contribution in [0, 0.1) is 0 Å². The van der Waals surface area contributed by atoms with Gasteiger partial charge in [-0.15, -0.1) is 11.3 Å². The number of furan rings is 1. The molecule has 0 aliphatic rings. The summed E-state index contributed by atoms with van der Waals surface area (Å²) in [6, 6.07) is 4.69. The van der Waals surface area contributed by atoms with Crippen LogP contribution in [0.3, 0.4) is 0 Å². The zero-order chi connectivity index (χ0) is 18.4. The van der Waals surface area contributed by atoms with Gasteiger partial charge in [-0.05, 0) is 31.0 Å². The first-order valence-electron chi connectivity index (χ1n) is 7.73. The lowest BCUT2D eigenvalue weighted by molar-refractivity contribution is -0.119. The number of hydrogen-bond acceptors (Lipinski definition) is 7. The molecular formula is C17H19NO6S. The van der Waals surface area contributed by atoms with E-state index >= 15 is 0 Å². The number of esters is 2. The van der Waals surface area contributed by atoms with E-state index in [9.17, 15) is 14.4 Å². The van der Waals surface area contributed by atoms with Gasteiger partial charge in [0.05, 0.1) is 18.4 Å². The standard InChI is InChI=1S/C17H19NO6S/c1-4-22-16(20)11-8-13(10(2)3)25-15(11)18-14(19)9-24-17(21)12-6-5-7-23-12/h5-8,10H,4,9H2,1-3H3,(H,18,19). The van der Waals surface area contributed by atoms with Gasteiger partial charge >= 0.3 is 11.9 Å². The monoisotopic (exact) mass is 365 g/mol. The molecule has 0 radical (unpaired) electrons. The van der Waals surface area contributed by atoms with Crippen molar-refractivity contribution < 1.29 is 28.3 Å². The van der Waals surface area contributed by atoms with Crippen molar-refractivity contribution in [1.82, 2.24) is 0 Å². The van der Waals surface area contributed by atoms with Crippen molar-refractivity contribution in [3.63, 3.8) is 0 Å². The summed E-state index contributed by atoms with van der Waals surface area (Å²) in [5, 5.41) is 2.97. The molecule has 0 aromatic carbocycles. The zero-order valence-corrected chi connectivity index (χ0v) is 15.0. The van der Waals surface area contributed by atoms with Crippen molar-refractivity contribution in [3.8, 4) is 0 Å². The molecule has 0 bridgehead atoms. The summed E-state index contributed by atoms with van der Waals surface area (Å²) in [5.74, 6) is -1.59. The molecule has 0 saturated heterocycles. The highest BCUT2D eigenvalue weighted by atomic mass is 32.1. The molecule has 0 saturated carbocycles. The van der Waals surface area contributed by atoms with E-state index in [0.717, 1.165) is 4.88 Å². The predicted octanol–water partition coefficient (Wildman–Crippen LogP) is 3.44. The number of carbonyl (C=O) groups excluding carboxylic acids is 3. The molecule has 0 atom stereocenters. The van der Waals surface area contributed by atoms with Crippen molar-refractivity contribution in [1.29, 1.82) is 0 Å². The molecular weight excluding hydrogens is 346 g/mol. The topological polar surface area (TPSA) is 94.8 Å². The first kappa shape index (κ1) is 18.7. The number of thiophene rings is 1. The van der Waals surface area contributed by atoms with Crippen LogP contribution in [-0.4, -0.2) is 31.1 Å². The molecule has 0 aliphatic carbocycles. The molecule has 0 aliphatic heterocycles. The Balaban J connectivity index is 2.03. The summed E-state index contributed by atoms with van der Waals surface area (Å²) in [4.78, 5) is 36.7. The highest BCUT2D eigenvalue weighted by Crippen LogP contribution is 2.33. The number of ether oxygens (including phenoxy) is 2. The molecule has 0 fully saturated rings. The Hall–Kier alpha value is -2.61.